The van der Waals surface area contributed by atoms with Gasteiger partial charge in [0, 0.05) is 17.7 Å². The molecule has 4 rings (SSSR count). The van der Waals surface area contributed by atoms with Gasteiger partial charge in [-0.05, 0) is 0 Å². The summed E-state index contributed by atoms with van der Waals surface area (Å²) in [4.78, 5) is 33.1. The van der Waals surface area contributed by atoms with Gasteiger partial charge in [0.05, 0.1) is 17.7 Å². The number of nitro groups is 1. The molecule has 0 spiro atoms. The zero-order valence-electron chi connectivity index (χ0n) is 16.2. The first kappa shape index (κ1) is 21.3. The Morgan fingerprint density at radius 2 is 2.16 bits per heavy atom. The smallest absolute Gasteiger partial charge is 0.280 e. The summed E-state index contributed by atoms with van der Waals surface area (Å²) in [5.41, 5.74) is 7.61. The highest BCUT2D eigenvalue weighted by molar-refractivity contribution is 5.81. The zero-order valence-corrected chi connectivity index (χ0v) is 16.2. The molecule has 1 aliphatic heterocycles. The van der Waals surface area contributed by atoms with Crippen LogP contribution in [0.1, 0.15) is 11.8 Å². The van der Waals surface area contributed by atoms with Crippen molar-refractivity contribution < 1.29 is 25.0 Å². The van der Waals surface area contributed by atoms with Gasteiger partial charge in [-0.2, -0.15) is 10.1 Å². The summed E-state index contributed by atoms with van der Waals surface area (Å²) in [5, 5.41) is 44.8. The molecule has 1 saturated heterocycles. The van der Waals surface area contributed by atoms with Crippen LogP contribution in [0.3, 0.4) is 0 Å². The van der Waals surface area contributed by atoms with Crippen molar-refractivity contribution in [3.05, 3.63) is 50.3 Å². The first-order chi connectivity index (χ1) is 15.3. The first-order valence-corrected chi connectivity index (χ1v) is 9.24. The monoisotopic (exact) mass is 446 g/mol. The van der Waals surface area contributed by atoms with E-state index in [1.165, 1.54) is 29.0 Å². The summed E-state index contributed by atoms with van der Waals surface area (Å²) < 4.78 is 6.70. The number of aliphatic hydroxyl groups excluding tert-OH is 3. The van der Waals surface area contributed by atoms with E-state index in [9.17, 15) is 30.2 Å². The Labute approximate surface area is 177 Å². The number of ether oxygens (including phenoxy) is 1. The van der Waals surface area contributed by atoms with Gasteiger partial charge in [-0.3, -0.25) is 24.5 Å². The second-order valence-electron chi connectivity index (χ2n) is 6.88. The number of aliphatic hydroxyl groups is 3. The van der Waals surface area contributed by atoms with Crippen LogP contribution in [-0.2, 0) is 4.74 Å². The normalized spacial score (nSPS) is 23.2. The number of aromatic amines is 1. The highest BCUT2D eigenvalue weighted by Gasteiger charge is 2.45. The average Bonchev–Trinajstić information content (AvgIpc) is 3.25. The van der Waals surface area contributed by atoms with Crippen LogP contribution in [-0.4, -0.2) is 70.9 Å². The minimum atomic E-state index is -1.49. The van der Waals surface area contributed by atoms with Crippen LogP contribution in [0.5, 0.6) is 0 Å². The Bertz CT molecular complexity index is 1260. The van der Waals surface area contributed by atoms with Gasteiger partial charge in [0.2, 0.25) is 11.9 Å². The summed E-state index contributed by atoms with van der Waals surface area (Å²) in [6, 6.07) is 5.70. The van der Waals surface area contributed by atoms with Gasteiger partial charge in [-0.1, -0.05) is 12.1 Å². The quantitative estimate of drug-likeness (QED) is 0.148. The molecule has 1 aliphatic rings. The van der Waals surface area contributed by atoms with E-state index in [2.05, 4.69) is 25.5 Å². The van der Waals surface area contributed by atoms with Crippen LogP contribution < -0.4 is 16.7 Å². The van der Waals surface area contributed by atoms with Crippen molar-refractivity contribution in [2.45, 2.75) is 24.5 Å². The highest BCUT2D eigenvalue weighted by Crippen LogP contribution is 2.33. The molecule has 1 fully saturated rings. The number of benzene rings is 1. The highest BCUT2D eigenvalue weighted by atomic mass is 16.6. The van der Waals surface area contributed by atoms with Crippen molar-refractivity contribution in [1.82, 2.24) is 19.5 Å². The Morgan fingerprint density at radius 3 is 2.84 bits per heavy atom. The number of imidazole rings is 1. The Balaban J connectivity index is 1.74. The molecular formula is C17H18N8O7. The molecule has 15 heteroatoms. The molecule has 3 aromatic rings. The largest absolute Gasteiger partial charge is 0.394 e. The van der Waals surface area contributed by atoms with E-state index in [-0.39, 0.29) is 28.7 Å². The van der Waals surface area contributed by atoms with E-state index >= 15 is 0 Å². The second-order valence-corrected chi connectivity index (χ2v) is 6.88. The minimum absolute atomic E-state index is 0.0610. The molecule has 0 saturated carbocycles. The van der Waals surface area contributed by atoms with Crippen molar-refractivity contribution in [3.8, 4) is 0 Å². The fourth-order valence-corrected chi connectivity index (χ4v) is 3.30. The molecule has 168 valence electrons. The number of aromatic nitrogens is 4. The van der Waals surface area contributed by atoms with Crippen LogP contribution in [0.25, 0.3) is 11.2 Å². The lowest BCUT2D eigenvalue weighted by Crippen LogP contribution is -2.33. The molecule has 0 amide bonds. The maximum Gasteiger partial charge on any atom is 0.280 e. The number of hydrogen-bond donors (Lipinski definition) is 6. The molecular weight excluding hydrogens is 428 g/mol. The lowest BCUT2D eigenvalue weighted by molar-refractivity contribution is -0.384. The Hall–Kier alpha value is -3.92. The molecule has 3 heterocycles. The van der Waals surface area contributed by atoms with Gasteiger partial charge in [-0.25, -0.2) is 10.4 Å². The van der Waals surface area contributed by atoms with Crippen LogP contribution >= 0.6 is 0 Å². The van der Waals surface area contributed by atoms with Crippen LogP contribution in [0, 0.1) is 10.1 Å². The van der Waals surface area contributed by atoms with E-state index < -0.39 is 41.6 Å². The van der Waals surface area contributed by atoms with Crippen molar-refractivity contribution in [1.29, 1.82) is 0 Å². The molecule has 7 N–H and O–H groups in total. The number of hydrazone groups is 1. The lowest BCUT2D eigenvalue weighted by Gasteiger charge is -2.18. The number of nitrogen functional groups attached to an aromatic ring is 1. The third-order valence-electron chi connectivity index (χ3n) is 4.80. The van der Waals surface area contributed by atoms with E-state index in [1.54, 1.807) is 6.07 Å². The van der Waals surface area contributed by atoms with Gasteiger partial charge in [-0.15, -0.1) is 0 Å². The average molecular weight is 446 g/mol. The van der Waals surface area contributed by atoms with Crippen molar-refractivity contribution >= 4 is 35.0 Å². The third-order valence-corrected chi connectivity index (χ3v) is 4.80. The number of nitro benzene ring substituents is 1. The summed E-state index contributed by atoms with van der Waals surface area (Å²) in [5.74, 6) is -0.317. The van der Waals surface area contributed by atoms with E-state index in [1.807, 2.05) is 0 Å². The van der Waals surface area contributed by atoms with Gasteiger partial charge in [0.1, 0.15) is 18.3 Å². The molecule has 32 heavy (non-hydrogen) atoms. The second kappa shape index (κ2) is 8.31. The number of fused-ring (bicyclic) bond motifs is 1. The number of nitrogens with one attached hydrogen (secondary N) is 2. The first-order valence-electron chi connectivity index (χ1n) is 9.24. The van der Waals surface area contributed by atoms with Crippen LogP contribution in [0.2, 0.25) is 0 Å². The number of anilines is 2. The molecule has 15 nitrogen and oxygen atoms in total. The minimum Gasteiger partial charge on any atom is -0.394 e. The molecule has 2 aromatic heterocycles. The van der Waals surface area contributed by atoms with E-state index in [0.29, 0.717) is 5.56 Å². The van der Waals surface area contributed by atoms with E-state index in [0.717, 1.165) is 0 Å². The number of rotatable bonds is 6. The fraction of sp³-hybridized carbons (Fsp3) is 0.294. The summed E-state index contributed by atoms with van der Waals surface area (Å²) in [7, 11) is 0. The molecule has 4 atom stereocenters. The standard InChI is InChI=1S/C17H18N8O7/c18-16-21-13-10(14(29)22-16)20-17(24(13)15-12(28)11(27)9(6-26)32-15)23-19-5-7-2-1-3-8(4-7)25(30)31/h1-5,9,11-12,15,26-28H,6H2,(H,20,23)(H3,18,21,22,29)/b19-5+/t9-,11+,12+,15+/m0/s1. The van der Waals surface area contributed by atoms with Crippen LogP contribution in [0.15, 0.2) is 34.2 Å². The maximum absolute atomic E-state index is 12.3. The Kier molecular flexibility index (Phi) is 5.54. The third kappa shape index (κ3) is 3.76. The van der Waals surface area contributed by atoms with Crippen molar-refractivity contribution in [3.63, 3.8) is 0 Å². The summed E-state index contributed by atoms with van der Waals surface area (Å²) in [6.07, 6.45) is -4.00. The summed E-state index contributed by atoms with van der Waals surface area (Å²) >= 11 is 0. The predicted octanol–water partition coefficient (Wildman–Crippen LogP) is -1.33. The van der Waals surface area contributed by atoms with Crippen molar-refractivity contribution in [2.75, 3.05) is 17.8 Å². The Morgan fingerprint density at radius 1 is 1.38 bits per heavy atom. The van der Waals surface area contributed by atoms with Crippen LogP contribution in [0.4, 0.5) is 17.6 Å². The topological polar surface area (TPSA) is 227 Å². The molecule has 0 unspecified atom stereocenters. The zero-order chi connectivity index (χ0) is 23.0. The number of nitrogens with two attached hydrogens (primary N) is 1. The molecule has 0 aliphatic carbocycles. The van der Waals surface area contributed by atoms with Gasteiger partial charge in [0.15, 0.2) is 17.4 Å². The summed E-state index contributed by atoms with van der Waals surface area (Å²) in [6.45, 7) is -0.564. The van der Waals surface area contributed by atoms with Gasteiger partial charge >= 0.3 is 0 Å². The van der Waals surface area contributed by atoms with Crippen molar-refractivity contribution in [2.24, 2.45) is 5.10 Å². The molecule has 0 radical (unpaired) electrons. The van der Waals surface area contributed by atoms with E-state index in [4.69, 9.17) is 10.5 Å². The van der Waals surface area contributed by atoms with Gasteiger partial charge in [0.25, 0.3) is 11.2 Å². The van der Waals surface area contributed by atoms with Gasteiger partial charge < -0.3 is 25.8 Å². The lowest BCUT2D eigenvalue weighted by atomic mass is 10.1. The fourth-order valence-electron chi connectivity index (χ4n) is 3.30. The number of H-pyrrole nitrogens is 1. The number of non-ortho nitro benzene ring substituents is 1. The SMILES string of the molecule is Nc1nc2c(nc(N/N=C/c3cccc([N+](=O)[O-])c3)n2[C@@H]2O[C@@H](CO)[C@@H](O)[C@H]2O)c(=O)[nH]1. The number of nitrogens with zero attached hydrogens (tertiary/aromatic N) is 5. The predicted molar refractivity (Wildman–Crippen MR) is 110 cm³/mol. The number of hydrogen-bond acceptors (Lipinski definition) is 12. The molecule has 1 aromatic carbocycles. The molecule has 0 bridgehead atoms. The maximum atomic E-state index is 12.3.